The van der Waals surface area contributed by atoms with Crippen molar-refractivity contribution in [1.82, 2.24) is 4.98 Å². The van der Waals surface area contributed by atoms with Gasteiger partial charge in [-0.2, -0.15) is 0 Å². The maximum Gasteiger partial charge on any atom is 0.227 e. The minimum Gasteiger partial charge on any atom is -0.436 e. The van der Waals surface area contributed by atoms with Crippen LogP contribution in [0.15, 0.2) is 46.9 Å². The standard InChI is InChI=1S/C15H12FNO2/c16-12-9-11(6-5-10(12)7-8-18)15-17-13-3-1-2-4-14(13)19-15/h1-6,9,18H,7-8H2. The lowest BCUT2D eigenvalue weighted by Crippen LogP contribution is -1.95. The zero-order valence-electron chi connectivity index (χ0n) is 10.1. The first-order chi connectivity index (χ1) is 9.28. The molecular weight excluding hydrogens is 245 g/mol. The molecule has 0 radical (unpaired) electrons. The first-order valence-corrected chi connectivity index (χ1v) is 6.03. The summed E-state index contributed by atoms with van der Waals surface area (Å²) in [5.41, 5.74) is 2.51. The van der Waals surface area contributed by atoms with Crippen LogP contribution >= 0.6 is 0 Å². The van der Waals surface area contributed by atoms with Gasteiger partial charge in [0.1, 0.15) is 11.3 Å². The molecule has 3 rings (SSSR count). The Morgan fingerprint density at radius 3 is 2.74 bits per heavy atom. The molecule has 1 heterocycles. The molecule has 96 valence electrons. The molecule has 0 saturated heterocycles. The fourth-order valence-corrected chi connectivity index (χ4v) is 2.00. The Morgan fingerprint density at radius 1 is 1.16 bits per heavy atom. The summed E-state index contributed by atoms with van der Waals surface area (Å²) in [4.78, 5) is 4.32. The van der Waals surface area contributed by atoms with Crippen molar-refractivity contribution >= 4 is 11.1 Å². The Kier molecular flexibility index (Phi) is 3.01. The lowest BCUT2D eigenvalue weighted by Gasteiger charge is -2.02. The first kappa shape index (κ1) is 11.9. The highest BCUT2D eigenvalue weighted by molar-refractivity contribution is 5.75. The van der Waals surface area contributed by atoms with Crippen molar-refractivity contribution in [2.45, 2.75) is 6.42 Å². The second-order valence-electron chi connectivity index (χ2n) is 4.27. The lowest BCUT2D eigenvalue weighted by molar-refractivity contribution is 0.297. The molecule has 1 aromatic heterocycles. The monoisotopic (exact) mass is 257 g/mol. The van der Waals surface area contributed by atoms with E-state index < -0.39 is 0 Å². The minimum absolute atomic E-state index is 0.0703. The fraction of sp³-hybridized carbons (Fsp3) is 0.133. The van der Waals surface area contributed by atoms with Crippen molar-refractivity contribution in [3.63, 3.8) is 0 Å². The topological polar surface area (TPSA) is 46.3 Å². The molecule has 0 aliphatic rings. The quantitative estimate of drug-likeness (QED) is 0.784. The van der Waals surface area contributed by atoms with Gasteiger partial charge in [-0.05, 0) is 36.2 Å². The van der Waals surface area contributed by atoms with Crippen LogP contribution in [0.5, 0.6) is 0 Å². The van der Waals surface area contributed by atoms with Crippen LogP contribution in [0.1, 0.15) is 5.56 Å². The van der Waals surface area contributed by atoms with E-state index in [0.29, 0.717) is 29.0 Å². The summed E-state index contributed by atoms with van der Waals surface area (Å²) in [6.45, 7) is -0.0703. The van der Waals surface area contributed by atoms with Gasteiger partial charge in [-0.15, -0.1) is 0 Å². The van der Waals surface area contributed by atoms with Gasteiger partial charge in [0.15, 0.2) is 5.58 Å². The van der Waals surface area contributed by atoms with Crippen molar-refractivity contribution in [3.05, 3.63) is 53.8 Å². The molecule has 4 heteroatoms. The molecule has 0 saturated carbocycles. The summed E-state index contributed by atoms with van der Waals surface area (Å²) >= 11 is 0. The van der Waals surface area contributed by atoms with Gasteiger partial charge in [-0.1, -0.05) is 18.2 Å². The fourth-order valence-electron chi connectivity index (χ4n) is 2.00. The lowest BCUT2D eigenvalue weighted by atomic mass is 10.1. The molecule has 0 bridgehead atoms. The maximum absolute atomic E-state index is 13.8. The highest BCUT2D eigenvalue weighted by Crippen LogP contribution is 2.25. The Bertz CT molecular complexity index is 688. The average Bonchev–Trinajstić information content (AvgIpc) is 2.85. The van der Waals surface area contributed by atoms with Gasteiger partial charge >= 0.3 is 0 Å². The summed E-state index contributed by atoms with van der Waals surface area (Å²) in [5, 5.41) is 8.83. The summed E-state index contributed by atoms with van der Waals surface area (Å²) in [6, 6.07) is 12.2. The minimum atomic E-state index is -0.353. The molecular formula is C15H12FNO2. The molecule has 19 heavy (non-hydrogen) atoms. The van der Waals surface area contributed by atoms with Gasteiger partial charge in [0.05, 0.1) is 0 Å². The van der Waals surface area contributed by atoms with Crippen LogP contribution in [0.3, 0.4) is 0 Å². The Labute approximate surface area is 109 Å². The largest absolute Gasteiger partial charge is 0.436 e. The number of halogens is 1. The number of benzene rings is 2. The van der Waals surface area contributed by atoms with Gasteiger partial charge in [0.2, 0.25) is 5.89 Å². The van der Waals surface area contributed by atoms with Crippen molar-refractivity contribution in [2.24, 2.45) is 0 Å². The van der Waals surface area contributed by atoms with E-state index in [1.807, 2.05) is 24.3 Å². The van der Waals surface area contributed by atoms with E-state index in [1.54, 1.807) is 12.1 Å². The molecule has 3 aromatic rings. The summed E-state index contributed by atoms with van der Waals surface area (Å²) in [7, 11) is 0. The molecule has 0 aliphatic carbocycles. The predicted octanol–water partition coefficient (Wildman–Crippen LogP) is 3.17. The van der Waals surface area contributed by atoms with Crippen molar-refractivity contribution in [2.75, 3.05) is 6.61 Å². The Hall–Kier alpha value is -2.20. The Balaban J connectivity index is 2.03. The van der Waals surface area contributed by atoms with Crippen LogP contribution in [0.2, 0.25) is 0 Å². The molecule has 0 spiro atoms. The number of oxazole rings is 1. The van der Waals surface area contributed by atoms with E-state index in [-0.39, 0.29) is 12.4 Å². The first-order valence-electron chi connectivity index (χ1n) is 6.03. The average molecular weight is 257 g/mol. The molecule has 0 aliphatic heterocycles. The second kappa shape index (κ2) is 4.82. The normalized spacial score (nSPS) is 11.1. The van der Waals surface area contributed by atoms with Crippen LogP contribution < -0.4 is 0 Å². The number of aromatic nitrogens is 1. The van der Waals surface area contributed by atoms with E-state index in [2.05, 4.69) is 4.98 Å². The number of hydrogen-bond donors (Lipinski definition) is 1. The van der Waals surface area contributed by atoms with E-state index in [1.165, 1.54) is 6.07 Å². The van der Waals surface area contributed by atoms with Gasteiger partial charge in [-0.3, -0.25) is 0 Å². The third kappa shape index (κ3) is 2.22. The van der Waals surface area contributed by atoms with Crippen LogP contribution in [0, 0.1) is 5.82 Å². The van der Waals surface area contributed by atoms with Gasteiger partial charge < -0.3 is 9.52 Å². The third-order valence-corrected chi connectivity index (χ3v) is 2.98. The van der Waals surface area contributed by atoms with Crippen LogP contribution in [0.4, 0.5) is 4.39 Å². The van der Waals surface area contributed by atoms with E-state index >= 15 is 0 Å². The van der Waals surface area contributed by atoms with Gasteiger partial charge in [-0.25, -0.2) is 9.37 Å². The predicted molar refractivity (Wildman–Crippen MR) is 70.2 cm³/mol. The number of rotatable bonds is 3. The molecule has 0 atom stereocenters. The number of hydrogen-bond acceptors (Lipinski definition) is 3. The molecule has 3 nitrogen and oxygen atoms in total. The smallest absolute Gasteiger partial charge is 0.227 e. The molecule has 0 fully saturated rings. The zero-order valence-corrected chi connectivity index (χ0v) is 10.1. The van der Waals surface area contributed by atoms with Crippen molar-refractivity contribution < 1.29 is 13.9 Å². The third-order valence-electron chi connectivity index (χ3n) is 2.98. The van der Waals surface area contributed by atoms with Crippen molar-refractivity contribution in [1.29, 1.82) is 0 Å². The number of nitrogens with zero attached hydrogens (tertiary/aromatic N) is 1. The van der Waals surface area contributed by atoms with Crippen LogP contribution in [0.25, 0.3) is 22.6 Å². The molecule has 2 aromatic carbocycles. The number of para-hydroxylation sites is 2. The zero-order chi connectivity index (χ0) is 13.2. The summed E-state index contributed by atoms with van der Waals surface area (Å²) in [6.07, 6.45) is 0.305. The SMILES string of the molecule is OCCc1ccc(-c2nc3ccccc3o2)cc1F. The van der Waals surface area contributed by atoms with Crippen LogP contribution in [-0.2, 0) is 6.42 Å². The molecule has 0 amide bonds. The van der Waals surface area contributed by atoms with E-state index in [0.717, 1.165) is 5.52 Å². The number of aliphatic hydroxyl groups excluding tert-OH is 1. The maximum atomic E-state index is 13.8. The highest BCUT2D eigenvalue weighted by atomic mass is 19.1. The van der Waals surface area contributed by atoms with E-state index in [9.17, 15) is 4.39 Å². The van der Waals surface area contributed by atoms with Crippen LogP contribution in [-0.4, -0.2) is 16.7 Å². The molecule has 0 unspecified atom stereocenters. The van der Waals surface area contributed by atoms with Gasteiger partial charge in [0, 0.05) is 12.2 Å². The Morgan fingerprint density at radius 2 is 2.00 bits per heavy atom. The van der Waals surface area contributed by atoms with Crippen molar-refractivity contribution in [3.8, 4) is 11.5 Å². The second-order valence-corrected chi connectivity index (χ2v) is 4.27. The number of aliphatic hydroxyl groups is 1. The summed E-state index contributed by atoms with van der Waals surface area (Å²) in [5.74, 6) is 0.0458. The summed E-state index contributed by atoms with van der Waals surface area (Å²) < 4.78 is 19.4. The molecule has 1 N–H and O–H groups in total. The highest BCUT2D eigenvalue weighted by Gasteiger charge is 2.10. The van der Waals surface area contributed by atoms with E-state index in [4.69, 9.17) is 9.52 Å². The number of fused-ring (bicyclic) bond motifs is 1. The van der Waals surface area contributed by atoms with Gasteiger partial charge in [0.25, 0.3) is 0 Å².